The van der Waals surface area contributed by atoms with E-state index in [9.17, 15) is 4.79 Å². The SMILES string of the molecule is CN=C(NCCNC(=O)C1CCCC1)NCCC(C)C. The number of hydrogen-bond donors (Lipinski definition) is 3. The van der Waals surface area contributed by atoms with E-state index in [2.05, 4.69) is 34.8 Å². The van der Waals surface area contributed by atoms with Crippen molar-refractivity contribution in [3.8, 4) is 0 Å². The summed E-state index contributed by atoms with van der Waals surface area (Å²) in [5.74, 6) is 1.96. The van der Waals surface area contributed by atoms with Gasteiger partial charge in [0.1, 0.15) is 0 Å². The monoisotopic (exact) mass is 282 g/mol. The zero-order valence-corrected chi connectivity index (χ0v) is 13.2. The molecule has 1 aliphatic carbocycles. The van der Waals surface area contributed by atoms with Crippen LogP contribution in [0.5, 0.6) is 0 Å². The van der Waals surface area contributed by atoms with Crippen LogP contribution in [-0.4, -0.2) is 38.5 Å². The molecule has 1 amide bonds. The van der Waals surface area contributed by atoms with E-state index in [1.807, 2.05) is 0 Å². The normalized spacial score (nSPS) is 16.5. The van der Waals surface area contributed by atoms with Gasteiger partial charge in [-0.25, -0.2) is 0 Å². The van der Waals surface area contributed by atoms with E-state index >= 15 is 0 Å². The molecule has 116 valence electrons. The van der Waals surface area contributed by atoms with Crippen molar-refractivity contribution >= 4 is 11.9 Å². The number of nitrogens with one attached hydrogen (secondary N) is 3. The zero-order valence-electron chi connectivity index (χ0n) is 13.2. The molecule has 20 heavy (non-hydrogen) atoms. The average Bonchev–Trinajstić information content (AvgIpc) is 2.95. The Hall–Kier alpha value is -1.26. The van der Waals surface area contributed by atoms with E-state index in [-0.39, 0.29) is 11.8 Å². The maximum Gasteiger partial charge on any atom is 0.223 e. The molecule has 0 aromatic heterocycles. The van der Waals surface area contributed by atoms with E-state index in [4.69, 9.17) is 0 Å². The lowest BCUT2D eigenvalue weighted by molar-refractivity contribution is -0.124. The highest BCUT2D eigenvalue weighted by Gasteiger charge is 2.21. The van der Waals surface area contributed by atoms with E-state index in [0.29, 0.717) is 19.0 Å². The van der Waals surface area contributed by atoms with Gasteiger partial charge in [-0.1, -0.05) is 26.7 Å². The van der Waals surface area contributed by atoms with Crippen molar-refractivity contribution in [1.82, 2.24) is 16.0 Å². The van der Waals surface area contributed by atoms with Crippen LogP contribution in [0.3, 0.4) is 0 Å². The van der Waals surface area contributed by atoms with E-state index in [0.717, 1.165) is 31.8 Å². The third-order valence-electron chi connectivity index (χ3n) is 3.68. The van der Waals surface area contributed by atoms with Gasteiger partial charge >= 0.3 is 0 Å². The Morgan fingerprint density at radius 3 is 2.30 bits per heavy atom. The molecule has 0 unspecified atom stereocenters. The molecule has 0 aliphatic heterocycles. The summed E-state index contributed by atoms with van der Waals surface area (Å²) in [4.78, 5) is 16.0. The van der Waals surface area contributed by atoms with Gasteiger partial charge in [0, 0.05) is 32.6 Å². The van der Waals surface area contributed by atoms with Crippen LogP contribution in [-0.2, 0) is 4.79 Å². The molecule has 0 heterocycles. The smallest absolute Gasteiger partial charge is 0.223 e. The summed E-state index contributed by atoms with van der Waals surface area (Å²) < 4.78 is 0. The molecule has 0 saturated heterocycles. The molecule has 0 aromatic carbocycles. The first kappa shape index (κ1) is 16.8. The highest BCUT2D eigenvalue weighted by molar-refractivity contribution is 5.80. The Kier molecular flexibility index (Phi) is 8.07. The number of aliphatic imine (C=N–C) groups is 1. The minimum atomic E-state index is 0.215. The fourth-order valence-electron chi connectivity index (χ4n) is 2.40. The number of nitrogens with zero attached hydrogens (tertiary/aromatic N) is 1. The third-order valence-corrected chi connectivity index (χ3v) is 3.68. The van der Waals surface area contributed by atoms with Crippen molar-refractivity contribution in [2.24, 2.45) is 16.8 Å². The van der Waals surface area contributed by atoms with Crippen LogP contribution in [0.1, 0.15) is 46.0 Å². The summed E-state index contributed by atoms with van der Waals surface area (Å²) in [6, 6.07) is 0. The third kappa shape index (κ3) is 6.78. The van der Waals surface area contributed by atoms with Crippen molar-refractivity contribution in [3.63, 3.8) is 0 Å². The lowest BCUT2D eigenvalue weighted by Crippen LogP contribution is -2.42. The minimum Gasteiger partial charge on any atom is -0.356 e. The Bertz CT molecular complexity index is 309. The number of amides is 1. The predicted molar refractivity (Wildman–Crippen MR) is 83.8 cm³/mol. The number of hydrogen-bond acceptors (Lipinski definition) is 2. The van der Waals surface area contributed by atoms with Crippen LogP contribution in [0.15, 0.2) is 4.99 Å². The number of carbonyl (C=O) groups is 1. The molecule has 0 atom stereocenters. The van der Waals surface area contributed by atoms with Crippen LogP contribution >= 0.6 is 0 Å². The molecule has 3 N–H and O–H groups in total. The topological polar surface area (TPSA) is 65.5 Å². The van der Waals surface area contributed by atoms with Crippen LogP contribution in [0.4, 0.5) is 0 Å². The number of carbonyl (C=O) groups excluding carboxylic acids is 1. The van der Waals surface area contributed by atoms with Crippen molar-refractivity contribution < 1.29 is 4.79 Å². The van der Waals surface area contributed by atoms with Crippen molar-refractivity contribution in [2.45, 2.75) is 46.0 Å². The first-order valence-electron chi connectivity index (χ1n) is 7.85. The largest absolute Gasteiger partial charge is 0.356 e. The lowest BCUT2D eigenvalue weighted by Gasteiger charge is -2.14. The Morgan fingerprint density at radius 1 is 1.10 bits per heavy atom. The summed E-state index contributed by atoms with van der Waals surface area (Å²) in [6.45, 7) is 6.69. The van der Waals surface area contributed by atoms with Crippen LogP contribution < -0.4 is 16.0 Å². The fraction of sp³-hybridized carbons (Fsp3) is 0.867. The van der Waals surface area contributed by atoms with Crippen molar-refractivity contribution in [3.05, 3.63) is 0 Å². The Balaban J connectivity index is 2.07. The fourth-order valence-corrected chi connectivity index (χ4v) is 2.40. The summed E-state index contributed by atoms with van der Waals surface area (Å²) in [5.41, 5.74) is 0. The summed E-state index contributed by atoms with van der Waals surface area (Å²) in [7, 11) is 1.77. The molecule has 1 rings (SSSR count). The first-order chi connectivity index (χ1) is 9.63. The van der Waals surface area contributed by atoms with E-state index < -0.39 is 0 Å². The zero-order chi connectivity index (χ0) is 14.8. The maximum absolute atomic E-state index is 11.8. The molecule has 1 aliphatic rings. The van der Waals surface area contributed by atoms with Crippen LogP contribution in [0.2, 0.25) is 0 Å². The van der Waals surface area contributed by atoms with Crippen LogP contribution in [0.25, 0.3) is 0 Å². The lowest BCUT2D eigenvalue weighted by atomic mass is 10.1. The number of guanidine groups is 1. The molecule has 1 saturated carbocycles. The molecule has 0 aromatic rings. The van der Waals surface area contributed by atoms with Crippen LogP contribution in [0, 0.1) is 11.8 Å². The van der Waals surface area contributed by atoms with E-state index in [1.54, 1.807) is 7.05 Å². The molecular weight excluding hydrogens is 252 g/mol. The van der Waals surface area contributed by atoms with Gasteiger partial charge in [0.05, 0.1) is 0 Å². The van der Waals surface area contributed by atoms with Gasteiger partial charge in [0.2, 0.25) is 5.91 Å². The van der Waals surface area contributed by atoms with Gasteiger partial charge in [-0.05, 0) is 25.2 Å². The average molecular weight is 282 g/mol. The Labute approximate surface area is 123 Å². The molecule has 5 nitrogen and oxygen atoms in total. The quantitative estimate of drug-likeness (QED) is 0.377. The summed E-state index contributed by atoms with van der Waals surface area (Å²) in [6.07, 6.45) is 5.62. The molecule has 0 bridgehead atoms. The van der Waals surface area contributed by atoms with Gasteiger partial charge in [0.15, 0.2) is 5.96 Å². The van der Waals surface area contributed by atoms with Gasteiger partial charge in [0.25, 0.3) is 0 Å². The molecule has 0 spiro atoms. The van der Waals surface area contributed by atoms with Gasteiger partial charge in [-0.15, -0.1) is 0 Å². The second-order valence-electron chi connectivity index (χ2n) is 5.88. The highest BCUT2D eigenvalue weighted by atomic mass is 16.1. The number of rotatable bonds is 7. The van der Waals surface area contributed by atoms with Gasteiger partial charge in [-0.3, -0.25) is 9.79 Å². The second-order valence-corrected chi connectivity index (χ2v) is 5.88. The highest BCUT2D eigenvalue weighted by Crippen LogP contribution is 2.24. The first-order valence-corrected chi connectivity index (χ1v) is 7.85. The molecular formula is C15H30N4O. The van der Waals surface area contributed by atoms with E-state index in [1.165, 1.54) is 12.8 Å². The summed E-state index contributed by atoms with van der Waals surface area (Å²) >= 11 is 0. The standard InChI is InChI=1S/C15H30N4O/c1-12(2)8-9-18-15(16-3)19-11-10-17-14(20)13-6-4-5-7-13/h12-13H,4-11H2,1-3H3,(H,17,20)(H2,16,18,19). The molecule has 5 heteroatoms. The summed E-state index contributed by atoms with van der Waals surface area (Å²) in [5, 5.41) is 9.48. The van der Waals surface area contributed by atoms with Crippen molar-refractivity contribution in [2.75, 3.05) is 26.7 Å². The molecule has 1 fully saturated rings. The van der Waals surface area contributed by atoms with Gasteiger partial charge in [-0.2, -0.15) is 0 Å². The second kappa shape index (κ2) is 9.61. The maximum atomic E-state index is 11.8. The molecule has 0 radical (unpaired) electrons. The Morgan fingerprint density at radius 2 is 1.70 bits per heavy atom. The predicted octanol–water partition coefficient (Wildman–Crippen LogP) is 1.50. The van der Waals surface area contributed by atoms with Gasteiger partial charge < -0.3 is 16.0 Å². The van der Waals surface area contributed by atoms with Crippen molar-refractivity contribution in [1.29, 1.82) is 0 Å². The minimum absolute atomic E-state index is 0.215.